The minimum absolute atomic E-state index is 0.0477. The lowest BCUT2D eigenvalue weighted by atomic mass is 10.1. The van der Waals surface area contributed by atoms with Crippen molar-refractivity contribution in [1.29, 1.82) is 0 Å². The number of amides is 1. The zero-order valence-electron chi connectivity index (χ0n) is 14.6. The maximum Gasteiger partial charge on any atom is 0.228 e. The second-order valence-corrected chi connectivity index (χ2v) is 6.88. The first-order chi connectivity index (χ1) is 12.2. The zero-order valence-corrected chi connectivity index (χ0v) is 14.6. The molecule has 1 atom stereocenters. The molecular formula is C19H24N4O2. The molecule has 2 saturated heterocycles. The van der Waals surface area contributed by atoms with Gasteiger partial charge >= 0.3 is 0 Å². The van der Waals surface area contributed by atoms with Gasteiger partial charge in [-0.05, 0) is 19.8 Å². The van der Waals surface area contributed by atoms with Crippen LogP contribution in [-0.2, 0) is 9.53 Å². The van der Waals surface area contributed by atoms with Crippen molar-refractivity contribution in [3.63, 3.8) is 0 Å². The lowest BCUT2D eigenvalue weighted by Crippen LogP contribution is -2.39. The third-order valence-corrected chi connectivity index (χ3v) is 5.24. The monoisotopic (exact) mass is 340 g/mol. The number of aryl methyl sites for hydroxylation is 1. The van der Waals surface area contributed by atoms with E-state index in [1.165, 1.54) is 0 Å². The summed E-state index contributed by atoms with van der Waals surface area (Å²) in [6, 6.07) is 8.28. The Morgan fingerprint density at radius 2 is 1.96 bits per heavy atom. The Labute approximate surface area is 147 Å². The van der Waals surface area contributed by atoms with E-state index >= 15 is 0 Å². The molecular weight excluding hydrogens is 316 g/mol. The molecule has 2 aliphatic rings. The molecule has 25 heavy (non-hydrogen) atoms. The highest BCUT2D eigenvalue weighted by Gasteiger charge is 2.29. The lowest BCUT2D eigenvalue weighted by molar-refractivity contribution is -0.135. The topological polar surface area (TPSA) is 58.6 Å². The van der Waals surface area contributed by atoms with Crippen LogP contribution in [0.2, 0.25) is 0 Å². The summed E-state index contributed by atoms with van der Waals surface area (Å²) in [6.07, 6.45) is 1.80. The van der Waals surface area contributed by atoms with Gasteiger partial charge in [0, 0.05) is 43.6 Å². The Kier molecular flexibility index (Phi) is 4.53. The average molecular weight is 340 g/mol. The summed E-state index contributed by atoms with van der Waals surface area (Å²) < 4.78 is 5.37. The second-order valence-electron chi connectivity index (χ2n) is 6.88. The van der Waals surface area contributed by atoms with Crippen molar-refractivity contribution < 1.29 is 9.53 Å². The molecule has 4 rings (SSSR count). The molecule has 2 fully saturated rings. The molecule has 0 bridgehead atoms. The molecule has 6 heteroatoms. The average Bonchev–Trinajstić information content (AvgIpc) is 3.07. The van der Waals surface area contributed by atoms with Crippen molar-refractivity contribution in [1.82, 2.24) is 15.1 Å². The summed E-state index contributed by atoms with van der Waals surface area (Å²) in [5, 5.41) is 11.1. The Morgan fingerprint density at radius 3 is 2.76 bits per heavy atom. The zero-order chi connectivity index (χ0) is 17.2. The maximum atomic E-state index is 12.7. The van der Waals surface area contributed by atoms with Gasteiger partial charge in [-0.15, -0.1) is 5.10 Å². The summed E-state index contributed by atoms with van der Waals surface area (Å²) in [5.74, 6) is 1.23. The number of benzene rings is 1. The molecule has 1 unspecified atom stereocenters. The van der Waals surface area contributed by atoms with Crippen LogP contribution in [0.3, 0.4) is 0 Å². The Morgan fingerprint density at radius 1 is 1.12 bits per heavy atom. The predicted molar refractivity (Wildman–Crippen MR) is 96.6 cm³/mol. The third-order valence-electron chi connectivity index (χ3n) is 5.24. The number of hydrogen-bond donors (Lipinski definition) is 0. The molecule has 132 valence electrons. The number of ether oxygens (including phenoxy) is 1. The Bertz CT molecular complexity index is 773. The van der Waals surface area contributed by atoms with Crippen LogP contribution >= 0.6 is 0 Å². The second kappa shape index (κ2) is 6.96. The molecule has 0 N–H and O–H groups in total. The number of anilines is 1. The van der Waals surface area contributed by atoms with Crippen LogP contribution in [0, 0.1) is 12.8 Å². The van der Waals surface area contributed by atoms with Crippen LogP contribution in [-0.4, -0.2) is 60.4 Å². The first kappa shape index (κ1) is 16.3. The Hall–Kier alpha value is -2.21. The minimum Gasteiger partial charge on any atom is -0.381 e. The predicted octanol–water partition coefficient (Wildman–Crippen LogP) is 2.01. The smallest absolute Gasteiger partial charge is 0.228 e. The van der Waals surface area contributed by atoms with E-state index in [0.717, 1.165) is 61.3 Å². The summed E-state index contributed by atoms with van der Waals surface area (Å²) >= 11 is 0. The number of fused-ring (bicyclic) bond motifs is 1. The van der Waals surface area contributed by atoms with Crippen LogP contribution in [0.5, 0.6) is 0 Å². The number of rotatable bonds is 2. The lowest BCUT2D eigenvalue weighted by Gasteiger charge is -2.25. The van der Waals surface area contributed by atoms with Gasteiger partial charge in [-0.1, -0.05) is 24.3 Å². The fourth-order valence-corrected chi connectivity index (χ4v) is 3.79. The van der Waals surface area contributed by atoms with Gasteiger partial charge in [0.1, 0.15) is 0 Å². The van der Waals surface area contributed by atoms with Gasteiger partial charge in [0.2, 0.25) is 5.91 Å². The molecule has 6 nitrogen and oxygen atoms in total. The van der Waals surface area contributed by atoms with E-state index in [9.17, 15) is 4.79 Å². The highest BCUT2D eigenvalue weighted by atomic mass is 16.5. The van der Waals surface area contributed by atoms with Crippen molar-refractivity contribution in [3.05, 3.63) is 30.0 Å². The number of carbonyl (C=O) groups is 1. The Balaban J connectivity index is 1.53. The van der Waals surface area contributed by atoms with Gasteiger partial charge in [0.15, 0.2) is 5.82 Å². The highest BCUT2D eigenvalue weighted by molar-refractivity contribution is 5.93. The SMILES string of the molecule is Cc1nnc(N2CCCN(C(=O)C3CCOC3)CC2)c2ccccc12. The molecule has 1 amide bonds. The van der Waals surface area contributed by atoms with Gasteiger partial charge < -0.3 is 14.5 Å². The molecule has 2 aromatic rings. The first-order valence-corrected chi connectivity index (χ1v) is 9.07. The molecule has 0 aliphatic carbocycles. The normalized spacial score (nSPS) is 21.6. The molecule has 1 aromatic carbocycles. The van der Waals surface area contributed by atoms with Gasteiger partial charge in [0.25, 0.3) is 0 Å². The van der Waals surface area contributed by atoms with E-state index in [1.54, 1.807) is 0 Å². The first-order valence-electron chi connectivity index (χ1n) is 9.07. The quantitative estimate of drug-likeness (QED) is 0.837. The largest absolute Gasteiger partial charge is 0.381 e. The van der Waals surface area contributed by atoms with Crippen LogP contribution in [0.4, 0.5) is 5.82 Å². The van der Waals surface area contributed by atoms with Crippen molar-refractivity contribution in [3.8, 4) is 0 Å². The number of aromatic nitrogens is 2. The molecule has 0 spiro atoms. The standard InChI is InChI=1S/C19H24N4O2/c1-14-16-5-2-3-6-17(16)18(21-20-14)22-8-4-9-23(11-10-22)19(24)15-7-12-25-13-15/h2-3,5-6,15H,4,7-13H2,1H3. The van der Waals surface area contributed by atoms with Crippen LogP contribution in [0.15, 0.2) is 24.3 Å². The minimum atomic E-state index is 0.0477. The number of hydrogen-bond acceptors (Lipinski definition) is 5. The molecule has 0 saturated carbocycles. The maximum absolute atomic E-state index is 12.7. The summed E-state index contributed by atoms with van der Waals surface area (Å²) in [7, 11) is 0. The highest BCUT2D eigenvalue weighted by Crippen LogP contribution is 2.26. The van der Waals surface area contributed by atoms with E-state index in [4.69, 9.17) is 4.74 Å². The fourth-order valence-electron chi connectivity index (χ4n) is 3.79. The molecule has 1 aromatic heterocycles. The summed E-state index contributed by atoms with van der Waals surface area (Å²) in [5.41, 5.74) is 0.951. The van der Waals surface area contributed by atoms with Crippen molar-refractivity contribution in [2.75, 3.05) is 44.3 Å². The number of carbonyl (C=O) groups excluding carboxylic acids is 1. The summed E-state index contributed by atoms with van der Waals surface area (Å²) in [4.78, 5) is 16.9. The van der Waals surface area contributed by atoms with Crippen molar-refractivity contribution >= 4 is 22.5 Å². The van der Waals surface area contributed by atoms with Gasteiger partial charge in [-0.25, -0.2) is 0 Å². The van der Waals surface area contributed by atoms with E-state index in [2.05, 4.69) is 27.2 Å². The van der Waals surface area contributed by atoms with E-state index in [0.29, 0.717) is 13.2 Å². The van der Waals surface area contributed by atoms with E-state index in [-0.39, 0.29) is 11.8 Å². The van der Waals surface area contributed by atoms with Gasteiger partial charge in [0.05, 0.1) is 18.2 Å². The van der Waals surface area contributed by atoms with E-state index in [1.807, 2.05) is 24.0 Å². The molecule has 2 aliphatic heterocycles. The third kappa shape index (κ3) is 3.18. The van der Waals surface area contributed by atoms with E-state index < -0.39 is 0 Å². The van der Waals surface area contributed by atoms with Crippen LogP contribution in [0.25, 0.3) is 10.8 Å². The van der Waals surface area contributed by atoms with Crippen molar-refractivity contribution in [2.24, 2.45) is 5.92 Å². The fraction of sp³-hybridized carbons (Fsp3) is 0.526. The van der Waals surface area contributed by atoms with Crippen LogP contribution < -0.4 is 4.90 Å². The molecule has 0 radical (unpaired) electrons. The van der Waals surface area contributed by atoms with Crippen LogP contribution in [0.1, 0.15) is 18.5 Å². The molecule has 3 heterocycles. The van der Waals surface area contributed by atoms with Gasteiger partial charge in [-0.2, -0.15) is 5.10 Å². The van der Waals surface area contributed by atoms with Gasteiger partial charge in [-0.3, -0.25) is 4.79 Å². The number of nitrogens with zero attached hydrogens (tertiary/aromatic N) is 4. The van der Waals surface area contributed by atoms with Crippen molar-refractivity contribution in [2.45, 2.75) is 19.8 Å². The summed E-state index contributed by atoms with van der Waals surface area (Å²) in [6.45, 7) is 6.51.